The van der Waals surface area contributed by atoms with E-state index in [-0.39, 0.29) is 18.8 Å². The van der Waals surface area contributed by atoms with Gasteiger partial charge in [-0.2, -0.15) is 0 Å². The first-order valence-corrected chi connectivity index (χ1v) is 10.9. The third kappa shape index (κ3) is 3.67. The van der Waals surface area contributed by atoms with Gasteiger partial charge in [-0.25, -0.2) is 0 Å². The Balaban J connectivity index is 2.20. The highest BCUT2D eigenvalue weighted by atomic mass is 31.2. The minimum Gasteiger partial charge on any atom is -0.485 e. The van der Waals surface area contributed by atoms with Gasteiger partial charge in [-0.05, 0) is 52.0 Å². The normalized spacial score (nSPS) is 21.0. The SMILES string of the molecule is CCOP(=O)(OCC)c1ccc2c(c1)C(n1ccccc1=O)C(O)C(C)(C)O2. The molecule has 0 radical (unpaired) electrons. The highest BCUT2D eigenvalue weighted by Crippen LogP contribution is 2.49. The van der Waals surface area contributed by atoms with Crippen molar-refractivity contribution in [3.63, 3.8) is 0 Å². The fraction of sp³-hybridized carbons (Fsp3) is 0.450. The molecule has 0 bridgehead atoms. The Hall–Kier alpha value is -1.92. The van der Waals surface area contributed by atoms with Crippen molar-refractivity contribution >= 4 is 12.9 Å². The average Bonchev–Trinajstić information content (AvgIpc) is 2.64. The van der Waals surface area contributed by atoms with E-state index in [1.54, 1.807) is 64.2 Å². The van der Waals surface area contributed by atoms with Crippen LogP contribution in [0.3, 0.4) is 0 Å². The van der Waals surface area contributed by atoms with Crippen LogP contribution < -0.4 is 15.6 Å². The van der Waals surface area contributed by atoms with Gasteiger partial charge in [-0.15, -0.1) is 0 Å². The molecule has 1 aliphatic heterocycles. The van der Waals surface area contributed by atoms with Crippen molar-refractivity contribution in [1.82, 2.24) is 4.57 Å². The van der Waals surface area contributed by atoms with E-state index in [0.29, 0.717) is 16.6 Å². The molecule has 1 aromatic carbocycles. The van der Waals surface area contributed by atoms with Gasteiger partial charge in [0.2, 0.25) is 0 Å². The van der Waals surface area contributed by atoms with Gasteiger partial charge in [0.15, 0.2) is 0 Å². The first-order valence-electron chi connectivity index (χ1n) is 9.31. The molecule has 152 valence electrons. The van der Waals surface area contributed by atoms with E-state index in [1.807, 2.05) is 0 Å². The first kappa shape index (κ1) is 20.8. The van der Waals surface area contributed by atoms with E-state index in [1.165, 1.54) is 10.6 Å². The van der Waals surface area contributed by atoms with Crippen LogP contribution in [0.5, 0.6) is 5.75 Å². The minimum atomic E-state index is -3.52. The summed E-state index contributed by atoms with van der Waals surface area (Å²) in [5.41, 5.74) is -0.617. The van der Waals surface area contributed by atoms with Gasteiger partial charge in [-0.3, -0.25) is 9.36 Å². The number of aromatic nitrogens is 1. The summed E-state index contributed by atoms with van der Waals surface area (Å²) in [6, 6.07) is 9.07. The van der Waals surface area contributed by atoms with Crippen LogP contribution in [-0.4, -0.2) is 34.6 Å². The molecule has 1 aromatic heterocycles. The molecule has 2 atom stereocenters. The molecule has 2 aromatic rings. The van der Waals surface area contributed by atoms with Gasteiger partial charge in [0.05, 0.1) is 24.6 Å². The van der Waals surface area contributed by atoms with Crippen LogP contribution in [0.15, 0.2) is 47.4 Å². The summed E-state index contributed by atoms with van der Waals surface area (Å²) in [7, 11) is -3.52. The number of rotatable bonds is 6. The Morgan fingerprint density at radius 1 is 1.18 bits per heavy atom. The topological polar surface area (TPSA) is 87.0 Å². The molecule has 3 rings (SSSR count). The highest BCUT2D eigenvalue weighted by molar-refractivity contribution is 7.62. The fourth-order valence-corrected chi connectivity index (χ4v) is 5.03. The van der Waals surface area contributed by atoms with Gasteiger partial charge in [-0.1, -0.05) is 6.07 Å². The summed E-state index contributed by atoms with van der Waals surface area (Å²) < 4.78 is 31.5. The lowest BCUT2D eigenvalue weighted by atomic mass is 9.86. The third-order valence-corrected chi connectivity index (χ3v) is 6.87. The molecule has 0 spiro atoms. The second-order valence-electron chi connectivity index (χ2n) is 7.10. The van der Waals surface area contributed by atoms with E-state index in [9.17, 15) is 14.5 Å². The molecule has 8 heteroatoms. The Labute approximate surface area is 164 Å². The number of hydrogen-bond acceptors (Lipinski definition) is 6. The van der Waals surface area contributed by atoms with E-state index in [4.69, 9.17) is 13.8 Å². The number of benzene rings is 1. The van der Waals surface area contributed by atoms with Crippen LogP contribution in [-0.2, 0) is 13.6 Å². The van der Waals surface area contributed by atoms with Crippen LogP contribution >= 0.6 is 7.60 Å². The lowest BCUT2D eigenvalue weighted by molar-refractivity contribution is -0.0642. The predicted molar refractivity (Wildman–Crippen MR) is 106 cm³/mol. The summed E-state index contributed by atoms with van der Waals surface area (Å²) in [4.78, 5) is 12.5. The Bertz CT molecular complexity index is 944. The summed E-state index contributed by atoms with van der Waals surface area (Å²) >= 11 is 0. The Morgan fingerprint density at radius 3 is 2.46 bits per heavy atom. The largest absolute Gasteiger partial charge is 0.485 e. The number of pyridine rings is 1. The Kier molecular flexibility index (Phi) is 5.82. The van der Waals surface area contributed by atoms with Gasteiger partial charge in [0.25, 0.3) is 5.56 Å². The van der Waals surface area contributed by atoms with Crippen molar-refractivity contribution in [3.8, 4) is 5.75 Å². The summed E-state index contributed by atoms with van der Waals surface area (Å²) in [6.07, 6.45) is 0.618. The number of fused-ring (bicyclic) bond motifs is 1. The van der Waals surface area contributed by atoms with Crippen LogP contribution in [0.25, 0.3) is 0 Å². The van der Waals surface area contributed by atoms with Crippen molar-refractivity contribution < 1.29 is 23.5 Å². The van der Waals surface area contributed by atoms with Crippen LogP contribution in [0, 0.1) is 0 Å². The number of ether oxygens (including phenoxy) is 1. The average molecular weight is 407 g/mol. The van der Waals surface area contributed by atoms with Crippen molar-refractivity contribution in [1.29, 1.82) is 0 Å². The zero-order valence-electron chi connectivity index (χ0n) is 16.5. The highest BCUT2D eigenvalue weighted by Gasteiger charge is 2.45. The fourth-order valence-electron chi connectivity index (χ4n) is 3.42. The van der Waals surface area contributed by atoms with Crippen molar-refractivity contribution in [2.24, 2.45) is 0 Å². The number of aliphatic hydroxyl groups is 1. The summed E-state index contributed by atoms with van der Waals surface area (Å²) in [5, 5.41) is 11.4. The van der Waals surface area contributed by atoms with E-state index in [2.05, 4.69) is 0 Å². The molecule has 28 heavy (non-hydrogen) atoms. The summed E-state index contributed by atoms with van der Waals surface area (Å²) in [5.74, 6) is 0.513. The smallest absolute Gasteiger partial charge is 0.361 e. The number of aliphatic hydroxyl groups excluding tert-OH is 1. The minimum absolute atomic E-state index is 0.224. The molecule has 0 fully saturated rings. The van der Waals surface area contributed by atoms with Crippen molar-refractivity contribution in [2.45, 2.75) is 45.4 Å². The van der Waals surface area contributed by atoms with Crippen LogP contribution in [0.4, 0.5) is 0 Å². The molecule has 1 N–H and O–H groups in total. The lowest BCUT2D eigenvalue weighted by Crippen LogP contribution is -2.52. The third-order valence-electron chi connectivity index (χ3n) is 4.76. The zero-order valence-corrected chi connectivity index (χ0v) is 17.4. The molecule has 0 amide bonds. The molecular weight excluding hydrogens is 381 g/mol. The number of hydrogen-bond donors (Lipinski definition) is 1. The second kappa shape index (κ2) is 7.84. The first-order chi connectivity index (χ1) is 13.2. The lowest BCUT2D eigenvalue weighted by Gasteiger charge is -2.42. The zero-order chi connectivity index (χ0) is 20.5. The predicted octanol–water partition coefficient (Wildman–Crippen LogP) is 2.86. The van der Waals surface area contributed by atoms with Crippen LogP contribution in [0.2, 0.25) is 0 Å². The van der Waals surface area contributed by atoms with Crippen molar-refractivity contribution in [2.75, 3.05) is 13.2 Å². The molecular formula is C20H26NO6P. The van der Waals surface area contributed by atoms with Gasteiger partial charge < -0.3 is 23.5 Å². The maximum absolute atomic E-state index is 13.2. The molecule has 7 nitrogen and oxygen atoms in total. The van der Waals surface area contributed by atoms with Gasteiger partial charge >= 0.3 is 7.60 Å². The van der Waals surface area contributed by atoms with Gasteiger partial charge in [0, 0.05) is 17.8 Å². The van der Waals surface area contributed by atoms with Gasteiger partial charge in [0.1, 0.15) is 17.5 Å². The maximum Gasteiger partial charge on any atom is 0.361 e. The van der Waals surface area contributed by atoms with E-state index >= 15 is 0 Å². The molecule has 1 aliphatic rings. The van der Waals surface area contributed by atoms with Crippen LogP contribution in [0.1, 0.15) is 39.3 Å². The molecule has 0 aliphatic carbocycles. The quantitative estimate of drug-likeness (QED) is 0.741. The Morgan fingerprint density at radius 2 is 1.86 bits per heavy atom. The van der Waals surface area contributed by atoms with E-state index in [0.717, 1.165) is 0 Å². The van der Waals surface area contributed by atoms with Crippen molar-refractivity contribution in [3.05, 3.63) is 58.5 Å². The molecule has 0 saturated carbocycles. The second-order valence-corrected chi connectivity index (χ2v) is 9.12. The number of nitrogens with zero attached hydrogens (tertiary/aromatic N) is 1. The van der Waals surface area contributed by atoms with E-state index < -0.39 is 25.3 Å². The molecule has 0 saturated heterocycles. The monoisotopic (exact) mass is 407 g/mol. The standard InChI is InChI=1S/C20H26NO6P/c1-5-25-28(24,26-6-2)14-10-11-16-15(13-14)18(19(23)20(3,4)27-16)21-12-8-7-9-17(21)22/h7-13,18-19,23H,5-6H2,1-4H3. The molecule has 2 heterocycles. The maximum atomic E-state index is 13.2. The summed E-state index contributed by atoms with van der Waals surface area (Å²) in [6.45, 7) is 7.46. The molecule has 2 unspecified atom stereocenters.